The molecule has 0 amide bonds. The van der Waals surface area contributed by atoms with Crippen molar-refractivity contribution in [2.24, 2.45) is 0 Å². The molecule has 0 aliphatic carbocycles. The van der Waals surface area contributed by atoms with Crippen LogP contribution in [0.1, 0.15) is 0 Å². The second-order valence-electron chi connectivity index (χ2n) is 18.4. The molecular weight excluding hydrogens is 863 g/mol. The Labute approximate surface area is 407 Å². The van der Waals surface area contributed by atoms with Gasteiger partial charge in [-0.1, -0.05) is 218 Å². The van der Waals surface area contributed by atoms with Crippen LogP contribution in [0.5, 0.6) is 0 Å². The molecular formula is C66H45N3Si. The van der Waals surface area contributed by atoms with Gasteiger partial charge < -0.3 is 13.7 Å². The van der Waals surface area contributed by atoms with Crippen molar-refractivity contribution in [3.63, 3.8) is 0 Å². The molecule has 14 rings (SSSR count). The number of hydrogen-bond acceptors (Lipinski definition) is 0. The normalized spacial score (nSPS) is 12.0. The maximum atomic E-state index is 2.61. The van der Waals surface area contributed by atoms with Crippen molar-refractivity contribution >= 4 is 94.2 Å². The van der Waals surface area contributed by atoms with E-state index in [1.807, 2.05) is 0 Å². The molecule has 0 fully saturated rings. The summed E-state index contributed by atoms with van der Waals surface area (Å²) in [5.74, 6) is 0. The zero-order valence-corrected chi connectivity index (χ0v) is 39.3. The van der Waals surface area contributed by atoms with Crippen LogP contribution in [0.15, 0.2) is 273 Å². The highest BCUT2D eigenvalue weighted by atomic mass is 28.3. The zero-order chi connectivity index (χ0) is 46.2. The Balaban J connectivity index is 1.14. The molecule has 0 N–H and O–H groups in total. The zero-order valence-electron chi connectivity index (χ0n) is 38.3. The SMILES string of the molecule is c1ccc(-c2cccc(-n3c4ccccc4c4ccc(-n5c6ccccc6c6c(-n7c8ccccc8c8ccccc87)c([Si](c7ccccc7)(c7ccccc7)c7ccccc7)ccc65)cc43)c2)cc1. The smallest absolute Gasteiger partial charge is 0.181 e. The van der Waals surface area contributed by atoms with Gasteiger partial charge in [-0.3, -0.25) is 0 Å². The first-order chi connectivity index (χ1) is 34.8. The van der Waals surface area contributed by atoms with E-state index in [0.29, 0.717) is 0 Å². The van der Waals surface area contributed by atoms with Crippen molar-refractivity contribution in [1.82, 2.24) is 13.7 Å². The van der Waals surface area contributed by atoms with E-state index in [2.05, 4.69) is 287 Å². The summed E-state index contributed by atoms with van der Waals surface area (Å²) < 4.78 is 7.58. The lowest BCUT2D eigenvalue weighted by atomic mass is 10.1. The Bertz CT molecular complexity index is 4130. The van der Waals surface area contributed by atoms with Crippen molar-refractivity contribution in [3.05, 3.63) is 273 Å². The Kier molecular flexibility index (Phi) is 9.23. The minimum atomic E-state index is -3.11. The van der Waals surface area contributed by atoms with Crippen LogP contribution in [0.2, 0.25) is 0 Å². The number of rotatable bonds is 8. The lowest BCUT2D eigenvalue weighted by Crippen LogP contribution is -2.75. The van der Waals surface area contributed by atoms with Crippen molar-refractivity contribution in [1.29, 1.82) is 0 Å². The summed E-state index contributed by atoms with van der Waals surface area (Å²) in [6.45, 7) is 0. The summed E-state index contributed by atoms with van der Waals surface area (Å²) >= 11 is 0. The Morgan fingerprint density at radius 2 is 0.657 bits per heavy atom. The molecule has 328 valence electrons. The first kappa shape index (κ1) is 40.1. The standard InChI is InChI=1S/C66H45N3Si/c1-5-22-46(23-6-1)47-24-21-25-48(44-47)68-58-36-17-13-34-55(58)56-41-40-49(45-63(56)68)67-61-39-20-16-35-57(61)65-62(67)42-43-64(66(65)69-59-37-18-14-32-53(59)54-33-15-19-38-60(54)69)70(50-26-7-2-8-27-50,51-28-9-3-10-29-51)52-30-11-4-12-31-52/h1-45H. The van der Waals surface area contributed by atoms with Crippen LogP contribution < -0.4 is 20.7 Å². The van der Waals surface area contributed by atoms with Gasteiger partial charge in [0, 0.05) is 43.7 Å². The fourth-order valence-corrected chi connectivity index (χ4v) is 16.8. The van der Waals surface area contributed by atoms with E-state index < -0.39 is 8.07 Å². The van der Waals surface area contributed by atoms with E-state index in [0.717, 1.165) is 27.9 Å². The monoisotopic (exact) mass is 907 g/mol. The van der Waals surface area contributed by atoms with Gasteiger partial charge in [0.25, 0.3) is 0 Å². The molecule has 0 saturated carbocycles. The molecule has 14 aromatic rings. The molecule has 0 unspecified atom stereocenters. The maximum absolute atomic E-state index is 3.11. The lowest BCUT2D eigenvalue weighted by Gasteiger charge is -2.36. The fourth-order valence-electron chi connectivity index (χ4n) is 11.9. The summed E-state index contributed by atoms with van der Waals surface area (Å²) in [7, 11) is -3.11. The number of benzene rings is 11. The molecule has 3 aromatic heterocycles. The Morgan fingerprint density at radius 3 is 1.21 bits per heavy atom. The predicted molar refractivity (Wildman–Crippen MR) is 299 cm³/mol. The molecule has 3 heterocycles. The first-order valence-electron chi connectivity index (χ1n) is 24.2. The number of fused-ring (bicyclic) bond motifs is 9. The largest absolute Gasteiger partial charge is 0.309 e. The van der Waals surface area contributed by atoms with Crippen LogP contribution in [-0.2, 0) is 0 Å². The van der Waals surface area contributed by atoms with Crippen LogP contribution in [0.25, 0.3) is 93.6 Å². The third kappa shape index (κ3) is 5.94. The number of hydrogen-bond donors (Lipinski definition) is 0. The van der Waals surface area contributed by atoms with Gasteiger partial charge in [-0.25, -0.2) is 0 Å². The van der Waals surface area contributed by atoms with E-state index in [-0.39, 0.29) is 0 Å². The molecule has 0 atom stereocenters. The van der Waals surface area contributed by atoms with Crippen molar-refractivity contribution in [2.45, 2.75) is 0 Å². The van der Waals surface area contributed by atoms with Gasteiger partial charge in [-0.15, -0.1) is 0 Å². The van der Waals surface area contributed by atoms with Crippen LogP contribution >= 0.6 is 0 Å². The molecule has 0 spiro atoms. The lowest BCUT2D eigenvalue weighted by molar-refractivity contribution is 1.15. The van der Waals surface area contributed by atoms with Gasteiger partial charge in [0.2, 0.25) is 0 Å². The third-order valence-corrected chi connectivity index (χ3v) is 19.6. The van der Waals surface area contributed by atoms with E-state index in [1.165, 1.54) is 86.4 Å². The molecule has 0 aliphatic heterocycles. The van der Waals surface area contributed by atoms with E-state index in [4.69, 9.17) is 0 Å². The number of nitrogens with zero attached hydrogens (tertiary/aromatic N) is 3. The molecule has 0 bridgehead atoms. The quantitative estimate of drug-likeness (QED) is 0.107. The van der Waals surface area contributed by atoms with Crippen molar-refractivity contribution < 1.29 is 0 Å². The molecule has 3 nitrogen and oxygen atoms in total. The first-order valence-corrected chi connectivity index (χ1v) is 26.2. The molecule has 0 radical (unpaired) electrons. The number of aromatic nitrogens is 3. The van der Waals surface area contributed by atoms with E-state index in [9.17, 15) is 0 Å². The molecule has 0 saturated heterocycles. The Morgan fingerprint density at radius 1 is 0.243 bits per heavy atom. The second-order valence-corrected chi connectivity index (χ2v) is 22.2. The molecule has 11 aromatic carbocycles. The van der Waals surface area contributed by atoms with Crippen LogP contribution in [-0.4, -0.2) is 21.8 Å². The summed E-state index contributed by atoms with van der Waals surface area (Å²) in [6.07, 6.45) is 0. The van der Waals surface area contributed by atoms with Gasteiger partial charge >= 0.3 is 0 Å². The fraction of sp³-hybridized carbons (Fsp3) is 0. The number of para-hydroxylation sites is 4. The van der Waals surface area contributed by atoms with Gasteiger partial charge in [0.05, 0.1) is 38.8 Å². The van der Waals surface area contributed by atoms with E-state index >= 15 is 0 Å². The van der Waals surface area contributed by atoms with Gasteiger partial charge in [-0.2, -0.15) is 0 Å². The predicted octanol–water partition coefficient (Wildman–Crippen LogP) is 14.0. The molecule has 4 heteroatoms. The van der Waals surface area contributed by atoms with Crippen molar-refractivity contribution in [2.75, 3.05) is 0 Å². The topological polar surface area (TPSA) is 14.8 Å². The minimum absolute atomic E-state index is 1.11. The molecule has 0 aliphatic rings. The maximum Gasteiger partial charge on any atom is 0.181 e. The summed E-state index contributed by atoms with van der Waals surface area (Å²) in [4.78, 5) is 0. The third-order valence-electron chi connectivity index (χ3n) is 14.8. The van der Waals surface area contributed by atoms with Gasteiger partial charge in [0.15, 0.2) is 8.07 Å². The minimum Gasteiger partial charge on any atom is -0.309 e. The Hall–Kier alpha value is -8.96. The average Bonchev–Trinajstić information content (AvgIpc) is 4.08. The van der Waals surface area contributed by atoms with Crippen LogP contribution in [0, 0.1) is 0 Å². The van der Waals surface area contributed by atoms with Crippen molar-refractivity contribution in [3.8, 4) is 28.2 Å². The van der Waals surface area contributed by atoms with Crippen LogP contribution in [0.4, 0.5) is 0 Å². The average molecular weight is 908 g/mol. The highest BCUT2D eigenvalue weighted by Crippen LogP contribution is 2.42. The van der Waals surface area contributed by atoms with E-state index in [1.54, 1.807) is 0 Å². The summed E-state index contributed by atoms with van der Waals surface area (Å²) in [5.41, 5.74) is 12.9. The summed E-state index contributed by atoms with van der Waals surface area (Å²) in [6, 6.07) is 102. The van der Waals surface area contributed by atoms with Gasteiger partial charge in [0.1, 0.15) is 0 Å². The second kappa shape index (κ2) is 16.1. The van der Waals surface area contributed by atoms with Crippen LogP contribution in [0.3, 0.4) is 0 Å². The summed E-state index contributed by atoms with van der Waals surface area (Å²) in [5, 5.41) is 12.7. The molecule has 70 heavy (non-hydrogen) atoms. The highest BCUT2D eigenvalue weighted by molar-refractivity contribution is 7.20. The highest BCUT2D eigenvalue weighted by Gasteiger charge is 2.44. The van der Waals surface area contributed by atoms with Gasteiger partial charge in [-0.05, 0) is 86.5 Å².